The summed E-state index contributed by atoms with van der Waals surface area (Å²) in [5.74, 6) is -0.326. The summed E-state index contributed by atoms with van der Waals surface area (Å²) in [5.41, 5.74) is -0.0762. The number of alkyl halides is 3. The van der Waals surface area contributed by atoms with Crippen LogP contribution in [-0.2, 0) is 16.2 Å². The molecule has 152 valence electrons. The lowest BCUT2D eigenvalue weighted by atomic mass is 10.1. The number of benzene rings is 2. The van der Waals surface area contributed by atoms with Crippen LogP contribution in [0.3, 0.4) is 0 Å². The van der Waals surface area contributed by atoms with Crippen molar-refractivity contribution >= 4 is 10.0 Å². The fraction of sp³-hybridized carbons (Fsp3) is 0.368. The van der Waals surface area contributed by atoms with Gasteiger partial charge in [-0.2, -0.15) is 17.5 Å². The Balaban J connectivity index is 1.71. The molecule has 0 amide bonds. The molecule has 1 fully saturated rings. The smallest absolute Gasteiger partial charge is 0.294 e. The molecule has 1 aliphatic heterocycles. The van der Waals surface area contributed by atoms with Crippen molar-refractivity contribution < 1.29 is 26.0 Å². The Kier molecular flexibility index (Phi) is 5.79. The van der Waals surface area contributed by atoms with Gasteiger partial charge in [-0.1, -0.05) is 18.2 Å². The van der Waals surface area contributed by atoms with Gasteiger partial charge in [0.1, 0.15) is 5.82 Å². The second-order valence-corrected chi connectivity index (χ2v) is 8.63. The van der Waals surface area contributed by atoms with Crippen molar-refractivity contribution in [2.24, 2.45) is 0 Å². The maximum absolute atomic E-state index is 13.1. The van der Waals surface area contributed by atoms with Gasteiger partial charge in [0.2, 0.25) is 10.0 Å². The summed E-state index contributed by atoms with van der Waals surface area (Å²) in [7, 11) is -4.01. The van der Waals surface area contributed by atoms with E-state index in [1.165, 1.54) is 22.5 Å². The molecule has 4 nitrogen and oxygen atoms in total. The molecule has 0 bridgehead atoms. The van der Waals surface area contributed by atoms with E-state index in [1.54, 1.807) is 12.1 Å². The minimum Gasteiger partial charge on any atom is -0.294 e. The quantitative estimate of drug-likeness (QED) is 0.710. The molecule has 1 saturated heterocycles. The van der Waals surface area contributed by atoms with Gasteiger partial charge in [0, 0.05) is 32.2 Å². The summed E-state index contributed by atoms with van der Waals surface area (Å²) in [5, 5.41) is 0. The van der Waals surface area contributed by atoms with Gasteiger partial charge in [0.05, 0.1) is 10.5 Å². The van der Waals surface area contributed by atoms with Crippen LogP contribution in [-0.4, -0.2) is 43.8 Å². The Hall–Kier alpha value is -1.97. The number of sulfonamides is 1. The highest BCUT2D eigenvalue weighted by atomic mass is 32.2. The first kappa shape index (κ1) is 20.8. The Morgan fingerprint density at radius 3 is 2.14 bits per heavy atom. The van der Waals surface area contributed by atoms with Crippen LogP contribution < -0.4 is 0 Å². The van der Waals surface area contributed by atoms with Gasteiger partial charge >= 0.3 is 6.18 Å². The van der Waals surface area contributed by atoms with Gasteiger partial charge in [-0.15, -0.1) is 0 Å². The standard InChI is InChI=1S/C19H20F4N2O2S/c1-14(15-5-7-17(20)8-6-15)24-9-11-25(12-10-24)28(26,27)18-4-2-3-16(13-18)19(21,22)23/h2-8,13-14H,9-12H2,1H3/t14-/m0/s1. The minimum atomic E-state index is -4.60. The summed E-state index contributed by atoms with van der Waals surface area (Å²) in [6.07, 6.45) is -4.60. The van der Waals surface area contributed by atoms with Gasteiger partial charge in [-0.3, -0.25) is 4.90 Å². The van der Waals surface area contributed by atoms with Crippen molar-refractivity contribution in [2.75, 3.05) is 26.2 Å². The Morgan fingerprint density at radius 1 is 0.964 bits per heavy atom. The van der Waals surface area contributed by atoms with Crippen LogP contribution in [0.25, 0.3) is 0 Å². The zero-order chi connectivity index (χ0) is 20.5. The normalized spacial score (nSPS) is 18.2. The molecule has 0 aliphatic carbocycles. The minimum absolute atomic E-state index is 0.0287. The fourth-order valence-corrected chi connectivity index (χ4v) is 4.73. The number of halogens is 4. The van der Waals surface area contributed by atoms with Gasteiger partial charge in [-0.05, 0) is 42.8 Å². The molecule has 3 rings (SSSR count). The summed E-state index contributed by atoms with van der Waals surface area (Å²) in [6, 6.07) is 9.89. The largest absolute Gasteiger partial charge is 0.416 e. The zero-order valence-corrected chi connectivity index (χ0v) is 16.0. The van der Waals surface area contributed by atoms with Gasteiger partial charge < -0.3 is 0 Å². The van der Waals surface area contributed by atoms with Crippen molar-refractivity contribution in [3.05, 3.63) is 65.5 Å². The first-order chi connectivity index (χ1) is 13.1. The van der Waals surface area contributed by atoms with Crippen molar-refractivity contribution in [3.63, 3.8) is 0 Å². The van der Waals surface area contributed by atoms with Crippen molar-refractivity contribution in [2.45, 2.75) is 24.0 Å². The van der Waals surface area contributed by atoms with Crippen molar-refractivity contribution in [1.82, 2.24) is 9.21 Å². The van der Waals surface area contributed by atoms with E-state index >= 15 is 0 Å². The zero-order valence-electron chi connectivity index (χ0n) is 15.2. The van der Waals surface area contributed by atoms with Crippen LogP contribution >= 0.6 is 0 Å². The predicted octanol–water partition coefficient (Wildman–Crippen LogP) is 3.91. The second-order valence-electron chi connectivity index (χ2n) is 6.69. The third-order valence-electron chi connectivity index (χ3n) is 4.97. The second kappa shape index (κ2) is 7.81. The molecule has 1 atom stereocenters. The number of rotatable bonds is 4. The van der Waals surface area contributed by atoms with Crippen LogP contribution in [0, 0.1) is 5.82 Å². The van der Waals surface area contributed by atoms with Gasteiger partial charge in [-0.25, -0.2) is 12.8 Å². The van der Waals surface area contributed by atoms with Crippen LogP contribution in [0.5, 0.6) is 0 Å². The lowest BCUT2D eigenvalue weighted by Gasteiger charge is -2.37. The van der Waals surface area contributed by atoms with E-state index in [0.717, 1.165) is 17.7 Å². The molecule has 0 radical (unpaired) electrons. The lowest BCUT2D eigenvalue weighted by Crippen LogP contribution is -2.49. The topological polar surface area (TPSA) is 40.6 Å². The number of hydrogen-bond donors (Lipinski definition) is 0. The van der Waals surface area contributed by atoms with E-state index in [4.69, 9.17) is 0 Å². The Bertz CT molecular complexity index is 922. The van der Waals surface area contributed by atoms with E-state index in [9.17, 15) is 26.0 Å². The highest BCUT2D eigenvalue weighted by Gasteiger charge is 2.34. The van der Waals surface area contributed by atoms with Crippen molar-refractivity contribution in [1.29, 1.82) is 0 Å². The Labute approximate surface area is 161 Å². The molecule has 28 heavy (non-hydrogen) atoms. The highest BCUT2D eigenvalue weighted by Crippen LogP contribution is 2.31. The molecule has 1 heterocycles. The monoisotopic (exact) mass is 416 g/mol. The Morgan fingerprint density at radius 2 is 1.57 bits per heavy atom. The number of nitrogens with zero attached hydrogens (tertiary/aromatic N) is 2. The van der Waals surface area contributed by atoms with Crippen LogP contribution in [0.4, 0.5) is 17.6 Å². The molecule has 2 aromatic rings. The van der Waals surface area contributed by atoms with E-state index in [1.807, 2.05) is 6.92 Å². The molecular weight excluding hydrogens is 396 g/mol. The summed E-state index contributed by atoms with van der Waals surface area (Å²) in [4.78, 5) is 1.70. The first-order valence-electron chi connectivity index (χ1n) is 8.76. The summed E-state index contributed by atoms with van der Waals surface area (Å²) in [6.45, 7) is 3.14. The number of piperazine rings is 1. The van der Waals surface area contributed by atoms with E-state index < -0.39 is 21.8 Å². The molecule has 0 saturated carbocycles. The first-order valence-corrected chi connectivity index (χ1v) is 10.2. The van der Waals surface area contributed by atoms with E-state index in [2.05, 4.69) is 4.90 Å². The van der Waals surface area contributed by atoms with Crippen LogP contribution in [0.15, 0.2) is 53.4 Å². The predicted molar refractivity (Wildman–Crippen MR) is 96.6 cm³/mol. The molecule has 0 aromatic heterocycles. The number of hydrogen-bond acceptors (Lipinski definition) is 3. The molecule has 9 heteroatoms. The van der Waals surface area contributed by atoms with Gasteiger partial charge in [0.25, 0.3) is 0 Å². The third-order valence-corrected chi connectivity index (χ3v) is 6.87. The van der Waals surface area contributed by atoms with E-state index in [0.29, 0.717) is 19.2 Å². The van der Waals surface area contributed by atoms with Gasteiger partial charge in [0.15, 0.2) is 0 Å². The molecule has 0 spiro atoms. The average molecular weight is 416 g/mol. The molecule has 2 aromatic carbocycles. The molecule has 0 unspecified atom stereocenters. The average Bonchev–Trinajstić information content (AvgIpc) is 2.67. The van der Waals surface area contributed by atoms with Crippen LogP contribution in [0.2, 0.25) is 0 Å². The summed E-state index contributed by atoms with van der Waals surface area (Å²) < 4.78 is 78.4. The maximum atomic E-state index is 13.1. The lowest BCUT2D eigenvalue weighted by molar-refractivity contribution is -0.137. The van der Waals surface area contributed by atoms with Crippen molar-refractivity contribution in [3.8, 4) is 0 Å². The fourth-order valence-electron chi connectivity index (χ4n) is 3.27. The highest BCUT2D eigenvalue weighted by molar-refractivity contribution is 7.89. The van der Waals surface area contributed by atoms with E-state index in [-0.39, 0.29) is 29.8 Å². The molecular formula is C19H20F4N2O2S. The molecule has 0 N–H and O–H groups in total. The molecule has 1 aliphatic rings. The van der Waals surface area contributed by atoms with Crippen LogP contribution in [0.1, 0.15) is 24.1 Å². The third kappa shape index (κ3) is 4.37. The SMILES string of the molecule is C[C@@H](c1ccc(F)cc1)N1CCN(S(=O)(=O)c2cccc(C(F)(F)F)c2)CC1. The maximum Gasteiger partial charge on any atom is 0.416 e. The summed E-state index contributed by atoms with van der Waals surface area (Å²) >= 11 is 0.